The largest absolute Gasteiger partial charge is 0.421 e. The fraction of sp³-hybridized carbons (Fsp3) is 0.364. The lowest BCUT2D eigenvalue weighted by Crippen LogP contribution is -2.29. The highest BCUT2D eigenvalue weighted by molar-refractivity contribution is 6.14. The molecule has 0 radical (unpaired) electrons. The third-order valence-corrected chi connectivity index (χ3v) is 6.54. The van der Waals surface area contributed by atoms with Crippen LogP contribution in [0.3, 0.4) is 0 Å². The van der Waals surface area contributed by atoms with Crippen molar-refractivity contribution in [1.82, 2.24) is 24.9 Å². The first kappa shape index (κ1) is 19.9. The second kappa shape index (κ2) is 7.14. The number of nitrogens with one attached hydrogen (secondary N) is 2. The van der Waals surface area contributed by atoms with Gasteiger partial charge in [0.15, 0.2) is 5.75 Å². The molecule has 2 atom stereocenters. The number of rotatable bonds is 5. The van der Waals surface area contributed by atoms with Crippen LogP contribution in [-0.2, 0) is 0 Å². The van der Waals surface area contributed by atoms with Crippen LogP contribution < -0.4 is 25.6 Å². The maximum absolute atomic E-state index is 14.4. The zero-order valence-electron chi connectivity index (χ0n) is 18.5. The van der Waals surface area contributed by atoms with Gasteiger partial charge in [-0.2, -0.15) is 9.97 Å². The van der Waals surface area contributed by atoms with Crippen molar-refractivity contribution in [2.45, 2.75) is 6.04 Å². The molecule has 10 nitrogen and oxygen atoms in total. The van der Waals surface area contributed by atoms with Gasteiger partial charge in [-0.3, -0.25) is 0 Å². The summed E-state index contributed by atoms with van der Waals surface area (Å²) in [6, 6.07) is 3.38. The highest BCUT2D eigenvalue weighted by atomic mass is 19.1. The molecule has 3 aromatic heterocycles. The topological polar surface area (TPSA) is 121 Å². The number of fused-ring (bicyclic) bond motifs is 4. The molecule has 0 spiro atoms. The van der Waals surface area contributed by atoms with Crippen molar-refractivity contribution in [3.63, 3.8) is 0 Å². The van der Waals surface area contributed by atoms with Crippen LogP contribution in [0.5, 0.6) is 11.8 Å². The Morgan fingerprint density at radius 1 is 1.18 bits per heavy atom. The summed E-state index contributed by atoms with van der Waals surface area (Å²) in [4.78, 5) is 25.2. The van der Waals surface area contributed by atoms with E-state index in [1.807, 2.05) is 14.1 Å². The van der Waals surface area contributed by atoms with Gasteiger partial charge in [-0.15, -0.1) is 0 Å². The van der Waals surface area contributed by atoms with Gasteiger partial charge in [0.1, 0.15) is 17.3 Å². The predicted molar refractivity (Wildman–Crippen MR) is 125 cm³/mol. The monoisotopic (exact) mass is 449 g/mol. The third kappa shape index (κ3) is 3.18. The van der Waals surface area contributed by atoms with Crippen molar-refractivity contribution in [3.8, 4) is 11.8 Å². The minimum Gasteiger partial charge on any atom is -0.421 e. The number of benzene rings is 1. The van der Waals surface area contributed by atoms with Crippen LogP contribution >= 0.6 is 0 Å². The normalized spacial score (nSPS) is 21.5. The van der Waals surface area contributed by atoms with E-state index in [0.29, 0.717) is 40.7 Å². The molecule has 4 heterocycles. The summed E-state index contributed by atoms with van der Waals surface area (Å²) in [5, 5.41) is 4.54. The fourth-order valence-corrected chi connectivity index (χ4v) is 4.74. The predicted octanol–water partition coefficient (Wildman–Crippen LogP) is 2.33. The van der Waals surface area contributed by atoms with Crippen molar-refractivity contribution in [2.75, 3.05) is 49.3 Å². The van der Waals surface area contributed by atoms with Gasteiger partial charge in [0.2, 0.25) is 5.95 Å². The summed E-state index contributed by atoms with van der Waals surface area (Å²) >= 11 is 0. The molecule has 2 fully saturated rings. The number of halogens is 1. The van der Waals surface area contributed by atoms with Gasteiger partial charge in [0.25, 0.3) is 0 Å². The van der Waals surface area contributed by atoms with Crippen molar-refractivity contribution in [1.29, 1.82) is 0 Å². The Hall–Kier alpha value is -3.73. The van der Waals surface area contributed by atoms with Crippen LogP contribution in [0.1, 0.15) is 0 Å². The first-order valence-electron chi connectivity index (χ1n) is 10.8. The average Bonchev–Trinajstić information content (AvgIpc) is 3.14. The molecule has 1 aliphatic heterocycles. The summed E-state index contributed by atoms with van der Waals surface area (Å²) in [5.74, 6) is 2.30. The van der Waals surface area contributed by atoms with Gasteiger partial charge < -0.3 is 30.6 Å². The van der Waals surface area contributed by atoms with Crippen LogP contribution in [0, 0.1) is 17.7 Å². The Morgan fingerprint density at radius 3 is 2.58 bits per heavy atom. The molecular weight excluding hydrogens is 425 g/mol. The SMILES string of the molecule is CNc1cc(F)cc2c1[nH]c1nc(Oc3cnc(N(C)C)nc3)nc(N3CC4C(N)C4C3)c12. The highest BCUT2D eigenvalue weighted by Gasteiger charge is 2.54. The van der Waals surface area contributed by atoms with Gasteiger partial charge in [0, 0.05) is 45.7 Å². The zero-order valence-corrected chi connectivity index (χ0v) is 18.5. The first-order chi connectivity index (χ1) is 15.9. The van der Waals surface area contributed by atoms with Crippen LogP contribution in [-0.4, -0.2) is 65.2 Å². The van der Waals surface area contributed by atoms with Crippen molar-refractivity contribution in [2.24, 2.45) is 17.6 Å². The number of anilines is 3. The molecule has 4 N–H and O–H groups in total. The van der Waals surface area contributed by atoms with Gasteiger partial charge in [-0.25, -0.2) is 14.4 Å². The van der Waals surface area contributed by atoms with Crippen LogP contribution in [0.15, 0.2) is 24.5 Å². The van der Waals surface area contributed by atoms with Gasteiger partial charge >= 0.3 is 6.01 Å². The number of aromatic nitrogens is 5. The molecule has 33 heavy (non-hydrogen) atoms. The molecule has 2 aliphatic rings. The lowest BCUT2D eigenvalue weighted by molar-refractivity contribution is 0.439. The third-order valence-electron chi connectivity index (χ3n) is 6.54. The zero-order chi connectivity index (χ0) is 22.9. The molecule has 4 aromatic rings. The van der Waals surface area contributed by atoms with Gasteiger partial charge in [0.05, 0.1) is 29.0 Å². The second-order valence-corrected chi connectivity index (χ2v) is 8.83. The molecule has 2 unspecified atom stereocenters. The number of ether oxygens (including phenoxy) is 1. The molecule has 1 saturated heterocycles. The minimum absolute atomic E-state index is 0.168. The number of aromatic amines is 1. The lowest BCUT2D eigenvalue weighted by Gasteiger charge is -2.21. The van der Waals surface area contributed by atoms with E-state index >= 15 is 0 Å². The number of nitrogens with zero attached hydrogens (tertiary/aromatic N) is 6. The molecule has 1 saturated carbocycles. The molecule has 0 bridgehead atoms. The van der Waals surface area contributed by atoms with E-state index in [2.05, 4.69) is 30.2 Å². The summed E-state index contributed by atoms with van der Waals surface area (Å²) in [6.45, 7) is 1.61. The van der Waals surface area contributed by atoms with Gasteiger partial charge in [-0.1, -0.05) is 0 Å². The molecule has 6 rings (SSSR count). The van der Waals surface area contributed by atoms with E-state index < -0.39 is 0 Å². The van der Waals surface area contributed by atoms with Crippen molar-refractivity contribution < 1.29 is 9.13 Å². The van der Waals surface area contributed by atoms with E-state index in [1.165, 1.54) is 12.1 Å². The highest BCUT2D eigenvalue weighted by Crippen LogP contribution is 2.47. The van der Waals surface area contributed by atoms with Crippen molar-refractivity contribution >= 4 is 39.4 Å². The van der Waals surface area contributed by atoms with Crippen LogP contribution in [0.4, 0.5) is 21.8 Å². The van der Waals surface area contributed by atoms with E-state index in [9.17, 15) is 4.39 Å². The van der Waals surface area contributed by atoms with E-state index in [0.717, 1.165) is 29.4 Å². The van der Waals surface area contributed by atoms with E-state index in [-0.39, 0.29) is 17.9 Å². The fourth-order valence-electron chi connectivity index (χ4n) is 4.74. The summed E-state index contributed by atoms with van der Waals surface area (Å²) in [7, 11) is 5.49. The van der Waals surface area contributed by atoms with Crippen LogP contribution in [0.2, 0.25) is 0 Å². The Kier molecular flexibility index (Phi) is 4.31. The Morgan fingerprint density at radius 2 is 1.91 bits per heavy atom. The Bertz CT molecular complexity index is 1360. The molecule has 1 aromatic carbocycles. The van der Waals surface area contributed by atoms with Crippen LogP contribution in [0.25, 0.3) is 21.9 Å². The molecule has 11 heteroatoms. The Labute approximate surface area is 189 Å². The number of H-pyrrole nitrogens is 1. The number of piperidine rings is 1. The minimum atomic E-state index is -0.330. The summed E-state index contributed by atoms with van der Waals surface area (Å²) in [5.41, 5.74) is 8.14. The summed E-state index contributed by atoms with van der Waals surface area (Å²) < 4.78 is 20.3. The number of nitrogens with two attached hydrogens (primary N) is 1. The molecular formula is C22H24FN9O. The maximum atomic E-state index is 14.4. The quantitative estimate of drug-likeness (QED) is 0.421. The lowest BCUT2D eigenvalue weighted by atomic mass is 10.1. The van der Waals surface area contributed by atoms with E-state index in [4.69, 9.17) is 15.5 Å². The Balaban J connectivity index is 1.48. The standard InChI is InChI=1S/C22H24FN9O/c1-25-15-5-10(23)4-12-16-19(28-18(12)15)29-22(33-11-6-26-21(27-7-11)31(2)3)30-20(16)32-8-13-14(9-32)17(13)24/h4-7,13-14,17,25H,8-9,24H2,1-3H3,(H,28,29,30). The molecule has 170 valence electrons. The summed E-state index contributed by atoms with van der Waals surface area (Å²) in [6.07, 6.45) is 3.17. The number of hydrogen-bond donors (Lipinski definition) is 3. The second-order valence-electron chi connectivity index (χ2n) is 8.83. The average molecular weight is 449 g/mol. The number of hydrogen-bond acceptors (Lipinski definition) is 9. The van der Waals surface area contributed by atoms with E-state index in [1.54, 1.807) is 24.3 Å². The molecule has 0 amide bonds. The maximum Gasteiger partial charge on any atom is 0.326 e. The van der Waals surface area contributed by atoms with Gasteiger partial charge in [-0.05, 0) is 24.0 Å². The first-order valence-corrected chi connectivity index (χ1v) is 10.8. The smallest absolute Gasteiger partial charge is 0.326 e. The van der Waals surface area contributed by atoms with Crippen molar-refractivity contribution in [3.05, 3.63) is 30.3 Å². The molecule has 1 aliphatic carbocycles.